The van der Waals surface area contributed by atoms with Crippen LogP contribution in [0.1, 0.15) is 29.9 Å². The summed E-state index contributed by atoms with van der Waals surface area (Å²) in [6.07, 6.45) is 0. The van der Waals surface area contributed by atoms with Gasteiger partial charge in [0.25, 0.3) is 0 Å². The molecular weight excluding hydrogens is 220 g/mol. The summed E-state index contributed by atoms with van der Waals surface area (Å²) in [6.45, 7) is 6.19. The fourth-order valence-corrected chi connectivity index (χ4v) is 1.68. The third-order valence-corrected chi connectivity index (χ3v) is 2.56. The summed E-state index contributed by atoms with van der Waals surface area (Å²) in [7, 11) is 0. The molecule has 94 valence electrons. The SMILES string of the molecule is Cc1nc(N(CCO)C(C)C)ccc1C(=O)O. The molecule has 17 heavy (non-hydrogen) atoms. The van der Waals surface area contributed by atoms with E-state index in [1.165, 1.54) is 0 Å². The fraction of sp³-hybridized carbons (Fsp3) is 0.500. The van der Waals surface area contributed by atoms with Crippen molar-refractivity contribution in [1.82, 2.24) is 4.98 Å². The predicted octanol–water partition coefficient (Wildman–Crippen LogP) is 1.30. The molecule has 2 N–H and O–H groups in total. The molecule has 5 nitrogen and oxygen atoms in total. The fourth-order valence-electron chi connectivity index (χ4n) is 1.68. The van der Waals surface area contributed by atoms with Gasteiger partial charge in [-0.3, -0.25) is 0 Å². The van der Waals surface area contributed by atoms with Crippen LogP contribution in [0.25, 0.3) is 0 Å². The Morgan fingerprint density at radius 3 is 2.53 bits per heavy atom. The van der Waals surface area contributed by atoms with Crippen LogP contribution in [-0.2, 0) is 0 Å². The molecule has 0 aliphatic rings. The number of aryl methyl sites for hydroxylation is 1. The molecule has 1 aromatic heterocycles. The quantitative estimate of drug-likeness (QED) is 0.808. The highest BCUT2D eigenvalue weighted by atomic mass is 16.4. The van der Waals surface area contributed by atoms with E-state index in [9.17, 15) is 4.79 Å². The van der Waals surface area contributed by atoms with E-state index >= 15 is 0 Å². The summed E-state index contributed by atoms with van der Waals surface area (Å²) in [6, 6.07) is 3.42. The average Bonchev–Trinajstić information content (AvgIpc) is 2.24. The van der Waals surface area contributed by atoms with Crippen LogP contribution in [0.4, 0.5) is 5.82 Å². The second kappa shape index (κ2) is 5.63. The Bertz CT molecular complexity index is 405. The molecule has 0 unspecified atom stereocenters. The molecule has 1 heterocycles. The number of nitrogens with zero attached hydrogens (tertiary/aromatic N) is 2. The molecule has 0 atom stereocenters. The first-order valence-electron chi connectivity index (χ1n) is 5.55. The van der Waals surface area contributed by atoms with Gasteiger partial charge in [0.15, 0.2) is 0 Å². The molecule has 0 bridgehead atoms. The number of pyridine rings is 1. The molecule has 0 aromatic carbocycles. The van der Waals surface area contributed by atoms with Crippen molar-refractivity contribution in [1.29, 1.82) is 0 Å². The normalized spacial score (nSPS) is 10.6. The van der Waals surface area contributed by atoms with Crippen molar-refractivity contribution in [3.8, 4) is 0 Å². The molecule has 0 saturated carbocycles. The summed E-state index contributed by atoms with van der Waals surface area (Å²) in [4.78, 5) is 17.1. The summed E-state index contributed by atoms with van der Waals surface area (Å²) < 4.78 is 0. The first kappa shape index (κ1) is 13.4. The number of aliphatic hydroxyl groups is 1. The number of hydrogen-bond donors (Lipinski definition) is 2. The van der Waals surface area contributed by atoms with Crippen LogP contribution in [0.5, 0.6) is 0 Å². The molecule has 1 aromatic rings. The lowest BCUT2D eigenvalue weighted by Crippen LogP contribution is -2.34. The van der Waals surface area contributed by atoms with Gasteiger partial charge in [0.1, 0.15) is 5.82 Å². The van der Waals surface area contributed by atoms with Gasteiger partial charge in [-0.25, -0.2) is 9.78 Å². The topological polar surface area (TPSA) is 73.7 Å². The van der Waals surface area contributed by atoms with Gasteiger partial charge < -0.3 is 15.1 Å². The van der Waals surface area contributed by atoms with E-state index in [0.717, 1.165) is 0 Å². The first-order chi connectivity index (χ1) is 7.97. The maximum Gasteiger partial charge on any atom is 0.337 e. The van der Waals surface area contributed by atoms with Gasteiger partial charge in [0, 0.05) is 12.6 Å². The van der Waals surface area contributed by atoms with Crippen LogP contribution in [-0.4, -0.2) is 40.4 Å². The minimum absolute atomic E-state index is 0.0413. The van der Waals surface area contributed by atoms with Crippen LogP contribution in [0.2, 0.25) is 0 Å². The van der Waals surface area contributed by atoms with E-state index in [-0.39, 0.29) is 18.2 Å². The van der Waals surface area contributed by atoms with Gasteiger partial charge >= 0.3 is 5.97 Å². The van der Waals surface area contributed by atoms with E-state index in [1.807, 2.05) is 18.7 Å². The maximum atomic E-state index is 10.9. The largest absolute Gasteiger partial charge is 0.478 e. The van der Waals surface area contributed by atoms with Crippen molar-refractivity contribution in [3.63, 3.8) is 0 Å². The van der Waals surface area contributed by atoms with E-state index in [1.54, 1.807) is 19.1 Å². The maximum absolute atomic E-state index is 10.9. The number of rotatable bonds is 5. The summed E-state index contributed by atoms with van der Waals surface area (Å²) in [5.41, 5.74) is 0.694. The van der Waals surface area contributed by atoms with Gasteiger partial charge in [0.05, 0.1) is 17.9 Å². The first-order valence-corrected chi connectivity index (χ1v) is 5.55. The molecule has 0 spiro atoms. The van der Waals surface area contributed by atoms with E-state index < -0.39 is 5.97 Å². The zero-order chi connectivity index (χ0) is 13.0. The van der Waals surface area contributed by atoms with E-state index in [2.05, 4.69) is 4.98 Å². The molecule has 0 aliphatic heterocycles. The monoisotopic (exact) mass is 238 g/mol. The van der Waals surface area contributed by atoms with Gasteiger partial charge in [-0.15, -0.1) is 0 Å². The molecule has 1 rings (SSSR count). The van der Waals surface area contributed by atoms with Gasteiger partial charge in [-0.2, -0.15) is 0 Å². The molecule has 0 radical (unpaired) electrons. The Morgan fingerprint density at radius 2 is 2.12 bits per heavy atom. The summed E-state index contributed by atoms with van der Waals surface area (Å²) in [5, 5.41) is 17.9. The Labute approximate surface area is 101 Å². The molecule has 0 aliphatic carbocycles. The Kier molecular flexibility index (Phi) is 4.45. The van der Waals surface area contributed by atoms with Crippen molar-refractivity contribution in [2.24, 2.45) is 0 Å². The minimum atomic E-state index is -0.972. The zero-order valence-electron chi connectivity index (χ0n) is 10.3. The lowest BCUT2D eigenvalue weighted by atomic mass is 10.2. The highest BCUT2D eigenvalue weighted by Gasteiger charge is 2.14. The Morgan fingerprint density at radius 1 is 1.47 bits per heavy atom. The third-order valence-electron chi connectivity index (χ3n) is 2.56. The molecule has 5 heteroatoms. The van der Waals surface area contributed by atoms with Crippen LogP contribution in [0, 0.1) is 6.92 Å². The number of aromatic nitrogens is 1. The summed E-state index contributed by atoms with van der Waals surface area (Å²) >= 11 is 0. The van der Waals surface area contributed by atoms with Crippen LogP contribution < -0.4 is 4.90 Å². The zero-order valence-corrected chi connectivity index (χ0v) is 10.3. The third kappa shape index (κ3) is 3.17. The summed E-state index contributed by atoms with van der Waals surface area (Å²) in [5.74, 6) is -0.281. The lowest BCUT2D eigenvalue weighted by molar-refractivity contribution is 0.0695. The number of carbonyl (C=O) groups is 1. The van der Waals surface area contributed by atoms with Crippen molar-refractivity contribution >= 4 is 11.8 Å². The van der Waals surface area contributed by atoms with Gasteiger partial charge in [-0.1, -0.05) is 0 Å². The lowest BCUT2D eigenvalue weighted by Gasteiger charge is -2.27. The predicted molar refractivity (Wildman–Crippen MR) is 65.5 cm³/mol. The van der Waals surface area contributed by atoms with Gasteiger partial charge in [-0.05, 0) is 32.9 Å². The van der Waals surface area contributed by atoms with Crippen molar-refractivity contribution in [2.45, 2.75) is 26.8 Å². The number of aliphatic hydroxyl groups excluding tert-OH is 1. The average molecular weight is 238 g/mol. The number of carboxylic acids is 1. The highest BCUT2D eigenvalue weighted by molar-refractivity contribution is 5.89. The number of aromatic carboxylic acids is 1. The minimum Gasteiger partial charge on any atom is -0.478 e. The molecule has 0 fully saturated rings. The highest BCUT2D eigenvalue weighted by Crippen LogP contribution is 2.17. The molecule has 0 amide bonds. The Hall–Kier alpha value is -1.62. The van der Waals surface area contributed by atoms with Crippen LogP contribution in [0.3, 0.4) is 0 Å². The molecular formula is C12H18N2O3. The van der Waals surface area contributed by atoms with Crippen molar-refractivity contribution in [3.05, 3.63) is 23.4 Å². The second-order valence-corrected chi connectivity index (χ2v) is 4.12. The second-order valence-electron chi connectivity index (χ2n) is 4.12. The number of carboxylic acid groups (broad SMARTS) is 1. The standard InChI is InChI=1S/C12H18N2O3/c1-8(2)14(6-7-15)11-5-4-10(12(16)17)9(3)13-11/h4-5,8,15H,6-7H2,1-3H3,(H,16,17). The number of hydrogen-bond acceptors (Lipinski definition) is 4. The van der Waals surface area contributed by atoms with Gasteiger partial charge in [0.2, 0.25) is 0 Å². The van der Waals surface area contributed by atoms with Crippen LogP contribution in [0.15, 0.2) is 12.1 Å². The Balaban J connectivity index is 3.06. The number of anilines is 1. The molecule has 0 saturated heterocycles. The smallest absolute Gasteiger partial charge is 0.337 e. The van der Waals surface area contributed by atoms with Crippen LogP contribution >= 0.6 is 0 Å². The van der Waals surface area contributed by atoms with Crippen molar-refractivity contribution < 1.29 is 15.0 Å². The van der Waals surface area contributed by atoms with E-state index in [4.69, 9.17) is 10.2 Å². The van der Waals surface area contributed by atoms with E-state index in [0.29, 0.717) is 18.1 Å². The van der Waals surface area contributed by atoms with Crippen molar-refractivity contribution in [2.75, 3.05) is 18.1 Å².